The first kappa shape index (κ1) is 18.8. The van der Waals surface area contributed by atoms with Crippen molar-refractivity contribution < 1.29 is 13.9 Å². The third-order valence-electron chi connectivity index (χ3n) is 5.29. The highest BCUT2D eigenvalue weighted by Crippen LogP contribution is 2.25. The number of carbonyl (C=O) groups is 1. The minimum Gasteiger partial charge on any atom is -0.376 e. The van der Waals surface area contributed by atoms with Gasteiger partial charge in [0.1, 0.15) is 17.2 Å². The standard InChI is InChI=1S/C21H25FN4O2/c22-16-8-6-15(7-9-16)19-23-14-18(20(25-19)26-10-2-1-3-11-26)21(27)24-13-17-5-4-12-28-17/h6-9,14,17H,1-5,10-13H2,(H,24,27)/t17-/m1/s1. The molecule has 0 unspecified atom stereocenters. The van der Waals surface area contributed by atoms with Crippen molar-refractivity contribution in [2.75, 3.05) is 31.1 Å². The second kappa shape index (κ2) is 8.65. The maximum Gasteiger partial charge on any atom is 0.256 e. The van der Waals surface area contributed by atoms with Crippen molar-refractivity contribution in [3.63, 3.8) is 0 Å². The number of anilines is 1. The number of nitrogens with one attached hydrogen (secondary N) is 1. The van der Waals surface area contributed by atoms with Crippen molar-refractivity contribution in [3.8, 4) is 11.4 Å². The van der Waals surface area contributed by atoms with Crippen molar-refractivity contribution in [1.29, 1.82) is 0 Å². The van der Waals surface area contributed by atoms with Crippen LogP contribution in [0.1, 0.15) is 42.5 Å². The minimum atomic E-state index is -0.301. The van der Waals surface area contributed by atoms with Crippen LogP contribution < -0.4 is 10.2 Å². The lowest BCUT2D eigenvalue weighted by Crippen LogP contribution is -2.36. The molecule has 1 aromatic heterocycles. The van der Waals surface area contributed by atoms with E-state index in [-0.39, 0.29) is 17.8 Å². The molecule has 2 saturated heterocycles. The summed E-state index contributed by atoms with van der Waals surface area (Å²) in [5.41, 5.74) is 1.21. The van der Waals surface area contributed by atoms with Gasteiger partial charge in [-0.2, -0.15) is 0 Å². The summed E-state index contributed by atoms with van der Waals surface area (Å²) in [6.07, 6.45) is 7.02. The molecule has 148 valence electrons. The van der Waals surface area contributed by atoms with Crippen LogP contribution in [0.5, 0.6) is 0 Å². The van der Waals surface area contributed by atoms with Crippen LogP contribution in [-0.2, 0) is 4.74 Å². The Morgan fingerprint density at radius 1 is 1.18 bits per heavy atom. The second-order valence-corrected chi connectivity index (χ2v) is 7.33. The van der Waals surface area contributed by atoms with Crippen LogP contribution in [0.15, 0.2) is 30.5 Å². The molecule has 0 radical (unpaired) electrons. The molecule has 0 saturated carbocycles. The van der Waals surface area contributed by atoms with E-state index in [0.717, 1.165) is 50.9 Å². The Morgan fingerprint density at radius 3 is 2.68 bits per heavy atom. The zero-order valence-corrected chi connectivity index (χ0v) is 15.9. The van der Waals surface area contributed by atoms with Crippen LogP contribution >= 0.6 is 0 Å². The Balaban J connectivity index is 1.60. The molecule has 28 heavy (non-hydrogen) atoms. The van der Waals surface area contributed by atoms with Crippen LogP contribution in [0.3, 0.4) is 0 Å². The van der Waals surface area contributed by atoms with Gasteiger partial charge in [0.05, 0.1) is 6.10 Å². The Bertz CT molecular complexity index is 816. The number of nitrogens with zero attached hydrogens (tertiary/aromatic N) is 3. The van der Waals surface area contributed by atoms with Gasteiger partial charge in [-0.05, 0) is 56.4 Å². The third-order valence-corrected chi connectivity index (χ3v) is 5.29. The summed E-state index contributed by atoms with van der Waals surface area (Å²) in [5.74, 6) is 0.668. The molecule has 2 fully saturated rings. The highest BCUT2D eigenvalue weighted by atomic mass is 19.1. The number of halogens is 1. The van der Waals surface area contributed by atoms with Gasteiger partial charge in [-0.15, -0.1) is 0 Å². The summed E-state index contributed by atoms with van der Waals surface area (Å²) < 4.78 is 18.8. The molecule has 3 heterocycles. The van der Waals surface area contributed by atoms with E-state index in [9.17, 15) is 9.18 Å². The van der Waals surface area contributed by atoms with E-state index in [1.807, 2.05) is 0 Å². The summed E-state index contributed by atoms with van der Waals surface area (Å²) in [7, 11) is 0. The topological polar surface area (TPSA) is 67.3 Å². The van der Waals surface area contributed by atoms with E-state index in [2.05, 4.69) is 15.2 Å². The first-order chi connectivity index (χ1) is 13.7. The lowest BCUT2D eigenvalue weighted by molar-refractivity contribution is 0.0857. The van der Waals surface area contributed by atoms with Gasteiger partial charge in [0, 0.05) is 38.0 Å². The van der Waals surface area contributed by atoms with Gasteiger partial charge in [0.25, 0.3) is 5.91 Å². The SMILES string of the molecule is O=C(NC[C@H]1CCCO1)c1cnc(-c2ccc(F)cc2)nc1N1CCCCC1. The summed E-state index contributed by atoms with van der Waals surface area (Å²) in [4.78, 5) is 24.1. The molecule has 1 atom stereocenters. The monoisotopic (exact) mass is 384 g/mol. The first-order valence-electron chi connectivity index (χ1n) is 9.98. The minimum absolute atomic E-state index is 0.0850. The molecule has 2 aliphatic heterocycles. The van der Waals surface area contributed by atoms with Crippen molar-refractivity contribution in [2.45, 2.75) is 38.2 Å². The molecule has 1 N–H and O–H groups in total. The van der Waals surface area contributed by atoms with E-state index < -0.39 is 0 Å². The van der Waals surface area contributed by atoms with Gasteiger partial charge in [-0.25, -0.2) is 14.4 Å². The Labute approximate surface area is 164 Å². The summed E-state index contributed by atoms with van der Waals surface area (Å²) in [6, 6.07) is 6.09. The summed E-state index contributed by atoms with van der Waals surface area (Å²) >= 11 is 0. The smallest absolute Gasteiger partial charge is 0.256 e. The zero-order chi connectivity index (χ0) is 19.3. The van der Waals surface area contributed by atoms with Gasteiger partial charge in [-0.3, -0.25) is 4.79 Å². The highest BCUT2D eigenvalue weighted by Gasteiger charge is 2.23. The molecule has 0 bridgehead atoms. The molecule has 7 heteroatoms. The van der Waals surface area contributed by atoms with E-state index in [4.69, 9.17) is 9.72 Å². The quantitative estimate of drug-likeness (QED) is 0.858. The summed E-state index contributed by atoms with van der Waals surface area (Å²) in [6.45, 7) is 2.99. The van der Waals surface area contributed by atoms with Crippen molar-refractivity contribution in [2.24, 2.45) is 0 Å². The van der Waals surface area contributed by atoms with E-state index in [1.165, 1.54) is 18.6 Å². The molecule has 0 spiro atoms. The Kier molecular flexibility index (Phi) is 5.81. The van der Waals surface area contributed by atoms with Crippen LogP contribution in [0.25, 0.3) is 11.4 Å². The number of hydrogen-bond acceptors (Lipinski definition) is 5. The molecular formula is C21H25FN4O2. The number of hydrogen-bond donors (Lipinski definition) is 1. The van der Waals surface area contributed by atoms with Crippen LogP contribution in [-0.4, -0.2) is 48.2 Å². The number of ether oxygens (including phenoxy) is 1. The molecule has 1 amide bonds. The normalized spacial score (nSPS) is 19.6. The number of rotatable bonds is 5. The number of amides is 1. The van der Waals surface area contributed by atoms with Gasteiger partial charge in [0.15, 0.2) is 5.82 Å². The van der Waals surface area contributed by atoms with Crippen LogP contribution in [0.2, 0.25) is 0 Å². The van der Waals surface area contributed by atoms with Gasteiger partial charge in [0.2, 0.25) is 0 Å². The van der Waals surface area contributed by atoms with E-state index in [0.29, 0.717) is 23.8 Å². The van der Waals surface area contributed by atoms with Gasteiger partial charge >= 0.3 is 0 Å². The molecule has 0 aliphatic carbocycles. The molecule has 4 rings (SSSR count). The zero-order valence-electron chi connectivity index (χ0n) is 15.9. The maximum atomic E-state index is 13.2. The number of benzene rings is 1. The second-order valence-electron chi connectivity index (χ2n) is 7.33. The fourth-order valence-corrected chi connectivity index (χ4v) is 3.72. The molecule has 2 aliphatic rings. The molecule has 2 aromatic rings. The van der Waals surface area contributed by atoms with E-state index >= 15 is 0 Å². The van der Waals surface area contributed by atoms with E-state index in [1.54, 1.807) is 18.3 Å². The molecule has 6 nitrogen and oxygen atoms in total. The lowest BCUT2D eigenvalue weighted by Gasteiger charge is -2.29. The molecular weight excluding hydrogens is 359 g/mol. The maximum absolute atomic E-state index is 13.2. The predicted octanol–water partition coefficient (Wildman–Crippen LogP) is 3.18. The lowest BCUT2D eigenvalue weighted by atomic mass is 10.1. The molecule has 1 aromatic carbocycles. The Hall–Kier alpha value is -2.54. The fourth-order valence-electron chi connectivity index (χ4n) is 3.72. The highest BCUT2D eigenvalue weighted by molar-refractivity contribution is 5.99. The number of piperidine rings is 1. The van der Waals surface area contributed by atoms with Crippen molar-refractivity contribution in [1.82, 2.24) is 15.3 Å². The van der Waals surface area contributed by atoms with Gasteiger partial charge in [-0.1, -0.05) is 0 Å². The van der Waals surface area contributed by atoms with Gasteiger partial charge < -0.3 is 15.0 Å². The van der Waals surface area contributed by atoms with Crippen molar-refractivity contribution in [3.05, 3.63) is 41.8 Å². The first-order valence-corrected chi connectivity index (χ1v) is 9.98. The predicted molar refractivity (Wildman–Crippen MR) is 105 cm³/mol. The van der Waals surface area contributed by atoms with Crippen LogP contribution in [0, 0.1) is 5.82 Å². The Morgan fingerprint density at radius 2 is 1.96 bits per heavy atom. The average molecular weight is 384 g/mol. The fraction of sp³-hybridized carbons (Fsp3) is 0.476. The van der Waals surface area contributed by atoms with Crippen molar-refractivity contribution >= 4 is 11.7 Å². The summed E-state index contributed by atoms with van der Waals surface area (Å²) in [5, 5.41) is 2.97. The largest absolute Gasteiger partial charge is 0.376 e. The number of aromatic nitrogens is 2. The average Bonchev–Trinajstić information content (AvgIpc) is 3.26. The van der Waals surface area contributed by atoms with Crippen LogP contribution in [0.4, 0.5) is 10.2 Å². The number of carbonyl (C=O) groups excluding carboxylic acids is 1. The third kappa shape index (κ3) is 4.30.